The van der Waals surface area contributed by atoms with Gasteiger partial charge < -0.3 is 4.84 Å². The van der Waals surface area contributed by atoms with Crippen LogP contribution in [0.2, 0.25) is 0 Å². The summed E-state index contributed by atoms with van der Waals surface area (Å²) < 4.78 is 0.953. The molecule has 1 saturated heterocycles. The maximum Gasteiger partial charge on any atom is 0.330 e. The third-order valence-electron chi connectivity index (χ3n) is 4.41. The Labute approximate surface area is 161 Å². The maximum atomic E-state index is 12.1. The van der Waals surface area contributed by atoms with Crippen LogP contribution in [-0.4, -0.2) is 53.3 Å². The van der Waals surface area contributed by atoms with Crippen molar-refractivity contribution in [3.63, 3.8) is 0 Å². The van der Waals surface area contributed by atoms with Crippen molar-refractivity contribution in [3.8, 4) is 6.19 Å². The van der Waals surface area contributed by atoms with E-state index in [1.807, 2.05) is 39.0 Å². The topological polar surface area (TPSA) is 72.2 Å². The summed E-state index contributed by atoms with van der Waals surface area (Å²) in [7, 11) is 0. The number of halogens is 1. The van der Waals surface area contributed by atoms with Gasteiger partial charge in [0.05, 0.1) is 11.1 Å². The molecule has 0 aromatic heterocycles. The van der Waals surface area contributed by atoms with Crippen molar-refractivity contribution in [1.82, 2.24) is 14.9 Å². The first kappa shape index (κ1) is 18.8. The Balaban J connectivity index is 1.72. The molecule has 1 aromatic carbocycles. The van der Waals surface area contributed by atoms with Crippen molar-refractivity contribution in [2.75, 3.05) is 26.2 Å². The second kappa shape index (κ2) is 7.35. The van der Waals surface area contributed by atoms with Gasteiger partial charge in [-0.05, 0) is 39.0 Å². The number of benzene rings is 1. The van der Waals surface area contributed by atoms with Crippen molar-refractivity contribution in [3.05, 3.63) is 28.2 Å². The molecule has 1 aromatic rings. The molecule has 0 saturated carbocycles. The first-order valence-electron chi connectivity index (χ1n) is 8.53. The summed E-state index contributed by atoms with van der Waals surface area (Å²) in [6.07, 6.45) is 3.58. The van der Waals surface area contributed by atoms with Gasteiger partial charge in [-0.1, -0.05) is 15.9 Å². The molecular formula is C18H22BrN5O2. The number of rotatable bonds is 2. The number of hydroxylamine groups is 2. The van der Waals surface area contributed by atoms with Crippen LogP contribution in [0.1, 0.15) is 32.5 Å². The van der Waals surface area contributed by atoms with E-state index in [-0.39, 0.29) is 12.1 Å². The zero-order chi connectivity index (χ0) is 18.9. The molecular weight excluding hydrogens is 398 g/mol. The molecule has 1 unspecified atom stereocenters. The molecule has 1 atom stereocenters. The molecule has 2 heterocycles. The Morgan fingerprint density at radius 2 is 2.00 bits per heavy atom. The van der Waals surface area contributed by atoms with Gasteiger partial charge in [-0.15, -0.1) is 5.06 Å². The van der Waals surface area contributed by atoms with E-state index in [0.29, 0.717) is 26.2 Å². The molecule has 0 radical (unpaired) electrons. The van der Waals surface area contributed by atoms with Gasteiger partial charge in [-0.3, -0.25) is 4.90 Å². The summed E-state index contributed by atoms with van der Waals surface area (Å²) in [4.78, 5) is 25.7. The highest BCUT2D eigenvalue weighted by Crippen LogP contribution is 2.37. The number of fused-ring (bicyclic) bond motifs is 1. The quantitative estimate of drug-likeness (QED) is 0.685. The number of aliphatic imine (C=N–C) groups is 1. The highest BCUT2D eigenvalue weighted by atomic mass is 79.9. The molecule has 0 bridgehead atoms. The molecule has 26 heavy (non-hydrogen) atoms. The highest BCUT2D eigenvalue weighted by molar-refractivity contribution is 9.10. The van der Waals surface area contributed by atoms with Gasteiger partial charge >= 0.3 is 5.97 Å². The van der Waals surface area contributed by atoms with Crippen LogP contribution in [0.3, 0.4) is 0 Å². The number of nitrogens with zero attached hydrogens (tertiary/aromatic N) is 5. The molecule has 0 spiro atoms. The van der Waals surface area contributed by atoms with Gasteiger partial charge in [-0.2, -0.15) is 5.26 Å². The van der Waals surface area contributed by atoms with E-state index in [4.69, 9.17) is 4.84 Å². The maximum absolute atomic E-state index is 12.1. The summed E-state index contributed by atoms with van der Waals surface area (Å²) in [5.74, 6) is -0.233. The predicted octanol–water partition coefficient (Wildman–Crippen LogP) is 3.03. The zero-order valence-corrected chi connectivity index (χ0v) is 16.7. The summed E-state index contributed by atoms with van der Waals surface area (Å²) in [5.41, 5.74) is 1.33. The van der Waals surface area contributed by atoms with Gasteiger partial charge in [-0.25, -0.2) is 14.7 Å². The Morgan fingerprint density at radius 3 is 2.62 bits per heavy atom. The SMILES string of the molecule is CC(C)(C)C(=O)ON1CCN(C2c3cc(Br)ccc3N=CN2C#N)CC1. The molecule has 0 aliphatic carbocycles. The van der Waals surface area contributed by atoms with E-state index in [9.17, 15) is 10.1 Å². The standard InChI is InChI=1S/C18H22BrN5O2/c1-18(2,3)17(25)26-24-8-6-22(7-9-24)16-14-10-13(19)4-5-15(14)21-12-23(16)11-20/h4-5,10,12,16H,6-9H2,1-3H3. The molecule has 8 heteroatoms. The number of carbonyl (C=O) groups excluding carboxylic acids is 1. The summed E-state index contributed by atoms with van der Waals surface area (Å²) in [6, 6.07) is 5.89. The van der Waals surface area contributed by atoms with E-state index in [1.54, 1.807) is 16.3 Å². The van der Waals surface area contributed by atoms with E-state index in [0.717, 1.165) is 15.7 Å². The van der Waals surface area contributed by atoms with Crippen LogP contribution in [0, 0.1) is 16.9 Å². The number of hydrogen-bond acceptors (Lipinski definition) is 7. The van der Waals surface area contributed by atoms with Crippen LogP contribution < -0.4 is 0 Å². The van der Waals surface area contributed by atoms with Crippen LogP contribution in [0.25, 0.3) is 0 Å². The fourth-order valence-corrected chi connectivity index (χ4v) is 3.31. The average molecular weight is 420 g/mol. The molecule has 0 amide bonds. The molecule has 7 nitrogen and oxygen atoms in total. The van der Waals surface area contributed by atoms with E-state index in [2.05, 4.69) is 32.0 Å². The minimum Gasteiger partial charge on any atom is -0.367 e. The lowest BCUT2D eigenvalue weighted by Crippen LogP contribution is -2.52. The lowest BCUT2D eigenvalue weighted by atomic mass is 9.98. The largest absolute Gasteiger partial charge is 0.367 e. The van der Waals surface area contributed by atoms with Gasteiger partial charge in [0.1, 0.15) is 12.5 Å². The fraction of sp³-hybridized carbons (Fsp3) is 0.500. The highest BCUT2D eigenvalue weighted by Gasteiger charge is 2.34. The smallest absolute Gasteiger partial charge is 0.330 e. The molecule has 1 fully saturated rings. The third-order valence-corrected chi connectivity index (χ3v) is 4.90. The normalized spacial score (nSPS) is 21.2. The zero-order valence-electron chi connectivity index (χ0n) is 15.1. The summed E-state index contributed by atoms with van der Waals surface area (Å²) >= 11 is 3.50. The molecule has 0 N–H and O–H groups in total. The third kappa shape index (κ3) is 3.90. The van der Waals surface area contributed by atoms with Crippen molar-refractivity contribution < 1.29 is 9.63 Å². The van der Waals surface area contributed by atoms with Crippen LogP contribution in [0.5, 0.6) is 0 Å². The molecule has 2 aliphatic rings. The number of carbonyl (C=O) groups is 1. The lowest BCUT2D eigenvalue weighted by molar-refractivity contribution is -0.208. The Hall–Kier alpha value is -1.95. The Kier molecular flexibility index (Phi) is 5.32. The Morgan fingerprint density at radius 1 is 1.31 bits per heavy atom. The van der Waals surface area contributed by atoms with Gasteiger partial charge in [0, 0.05) is 36.2 Å². The fourth-order valence-electron chi connectivity index (χ4n) is 2.93. The lowest BCUT2D eigenvalue weighted by Gasteiger charge is -2.42. The van der Waals surface area contributed by atoms with E-state index in [1.165, 1.54) is 0 Å². The van der Waals surface area contributed by atoms with Crippen LogP contribution in [-0.2, 0) is 9.63 Å². The van der Waals surface area contributed by atoms with Crippen LogP contribution in [0.4, 0.5) is 5.69 Å². The second-order valence-corrected chi connectivity index (χ2v) is 8.34. The van der Waals surface area contributed by atoms with Crippen LogP contribution >= 0.6 is 15.9 Å². The Bertz CT molecular complexity index is 760. The van der Waals surface area contributed by atoms with Gasteiger partial charge in [0.25, 0.3) is 0 Å². The molecule has 138 valence electrons. The molecule has 2 aliphatic heterocycles. The van der Waals surface area contributed by atoms with Crippen molar-refractivity contribution in [2.45, 2.75) is 26.9 Å². The second-order valence-electron chi connectivity index (χ2n) is 7.42. The van der Waals surface area contributed by atoms with Gasteiger partial charge in [0.2, 0.25) is 0 Å². The summed E-state index contributed by atoms with van der Waals surface area (Å²) in [6.45, 7) is 8.07. The molecule has 3 rings (SSSR count). The number of piperazine rings is 1. The predicted molar refractivity (Wildman–Crippen MR) is 101 cm³/mol. The van der Waals surface area contributed by atoms with Gasteiger partial charge in [0.15, 0.2) is 6.19 Å². The minimum atomic E-state index is -0.528. The first-order chi connectivity index (χ1) is 12.3. The van der Waals surface area contributed by atoms with Crippen molar-refractivity contribution >= 4 is 33.9 Å². The van der Waals surface area contributed by atoms with Crippen LogP contribution in [0.15, 0.2) is 27.7 Å². The average Bonchev–Trinajstić information content (AvgIpc) is 2.60. The minimum absolute atomic E-state index is 0.203. The van der Waals surface area contributed by atoms with Crippen molar-refractivity contribution in [2.24, 2.45) is 10.4 Å². The van der Waals surface area contributed by atoms with Crippen molar-refractivity contribution in [1.29, 1.82) is 5.26 Å². The van der Waals surface area contributed by atoms with E-state index < -0.39 is 5.41 Å². The summed E-state index contributed by atoms with van der Waals surface area (Å²) in [5, 5.41) is 11.2. The monoisotopic (exact) mass is 419 g/mol. The number of nitriles is 1. The number of hydrogen-bond donors (Lipinski definition) is 0. The first-order valence-corrected chi connectivity index (χ1v) is 9.32. The van der Waals surface area contributed by atoms with E-state index >= 15 is 0 Å².